The van der Waals surface area contributed by atoms with Crippen LogP contribution in [0.1, 0.15) is 40.0 Å². The van der Waals surface area contributed by atoms with Crippen molar-refractivity contribution in [1.29, 1.82) is 5.26 Å². The second kappa shape index (κ2) is 4.77. The first-order chi connectivity index (χ1) is 6.62. The van der Waals surface area contributed by atoms with Gasteiger partial charge in [0.2, 0.25) is 0 Å². The van der Waals surface area contributed by atoms with Crippen LogP contribution in [0.4, 0.5) is 0 Å². The van der Waals surface area contributed by atoms with Gasteiger partial charge in [-0.15, -0.1) is 0 Å². The van der Waals surface area contributed by atoms with Crippen molar-refractivity contribution in [3.05, 3.63) is 0 Å². The molecule has 1 saturated heterocycles. The zero-order valence-corrected chi connectivity index (χ0v) is 9.43. The van der Waals surface area contributed by atoms with Gasteiger partial charge in [0.25, 0.3) is 0 Å². The highest BCUT2D eigenvalue weighted by atomic mass is 15.1. The SMILES string of the molecule is CCC(C)NC1(C#N)CCNC(C)C1. The summed E-state index contributed by atoms with van der Waals surface area (Å²) in [5.74, 6) is 0. The number of hydrogen-bond acceptors (Lipinski definition) is 3. The average molecular weight is 195 g/mol. The van der Waals surface area contributed by atoms with Crippen LogP contribution in [-0.2, 0) is 0 Å². The zero-order chi connectivity index (χ0) is 10.6. The van der Waals surface area contributed by atoms with Crippen LogP contribution >= 0.6 is 0 Å². The summed E-state index contributed by atoms with van der Waals surface area (Å²) >= 11 is 0. The van der Waals surface area contributed by atoms with Gasteiger partial charge in [-0.1, -0.05) is 6.92 Å². The summed E-state index contributed by atoms with van der Waals surface area (Å²) in [6.07, 6.45) is 2.90. The van der Waals surface area contributed by atoms with Crippen molar-refractivity contribution in [2.24, 2.45) is 0 Å². The monoisotopic (exact) mass is 195 g/mol. The normalized spacial score (nSPS) is 34.9. The van der Waals surface area contributed by atoms with Gasteiger partial charge in [0.1, 0.15) is 5.54 Å². The van der Waals surface area contributed by atoms with E-state index in [4.69, 9.17) is 0 Å². The lowest BCUT2D eigenvalue weighted by molar-refractivity contribution is 0.247. The summed E-state index contributed by atoms with van der Waals surface area (Å²) in [6.45, 7) is 7.38. The van der Waals surface area contributed by atoms with Crippen molar-refractivity contribution in [3.63, 3.8) is 0 Å². The first-order valence-electron chi connectivity index (χ1n) is 5.54. The van der Waals surface area contributed by atoms with E-state index in [1.807, 2.05) is 0 Å². The summed E-state index contributed by atoms with van der Waals surface area (Å²) in [7, 11) is 0. The molecule has 0 amide bonds. The van der Waals surface area contributed by atoms with E-state index in [9.17, 15) is 5.26 Å². The molecule has 2 N–H and O–H groups in total. The molecule has 3 heteroatoms. The minimum atomic E-state index is -0.292. The van der Waals surface area contributed by atoms with Gasteiger partial charge in [0, 0.05) is 12.1 Å². The van der Waals surface area contributed by atoms with Gasteiger partial charge in [-0.2, -0.15) is 5.26 Å². The van der Waals surface area contributed by atoms with Crippen molar-refractivity contribution in [2.75, 3.05) is 6.54 Å². The molecule has 3 atom stereocenters. The summed E-state index contributed by atoms with van der Waals surface area (Å²) < 4.78 is 0. The van der Waals surface area contributed by atoms with Gasteiger partial charge < -0.3 is 5.32 Å². The largest absolute Gasteiger partial charge is 0.314 e. The van der Waals surface area contributed by atoms with Crippen LogP contribution in [0.3, 0.4) is 0 Å². The number of hydrogen-bond donors (Lipinski definition) is 2. The molecule has 3 nitrogen and oxygen atoms in total. The lowest BCUT2D eigenvalue weighted by atomic mass is 9.85. The third-order valence-corrected chi connectivity index (χ3v) is 3.05. The quantitative estimate of drug-likeness (QED) is 0.716. The smallest absolute Gasteiger partial charge is 0.109 e. The Morgan fingerprint density at radius 1 is 1.71 bits per heavy atom. The summed E-state index contributed by atoms with van der Waals surface area (Å²) in [5, 5.41) is 16.1. The zero-order valence-electron chi connectivity index (χ0n) is 9.43. The van der Waals surface area contributed by atoms with Crippen LogP contribution in [0.15, 0.2) is 0 Å². The summed E-state index contributed by atoms with van der Waals surface area (Å²) in [6, 6.07) is 3.34. The molecular formula is C11H21N3. The number of nitrogens with one attached hydrogen (secondary N) is 2. The first-order valence-corrected chi connectivity index (χ1v) is 5.54. The maximum Gasteiger partial charge on any atom is 0.109 e. The van der Waals surface area contributed by atoms with Crippen molar-refractivity contribution in [1.82, 2.24) is 10.6 Å². The highest BCUT2D eigenvalue weighted by molar-refractivity contribution is 5.11. The van der Waals surface area contributed by atoms with E-state index in [0.717, 1.165) is 25.8 Å². The fourth-order valence-corrected chi connectivity index (χ4v) is 2.07. The van der Waals surface area contributed by atoms with Crippen molar-refractivity contribution in [3.8, 4) is 6.07 Å². The van der Waals surface area contributed by atoms with E-state index in [1.54, 1.807) is 0 Å². The molecule has 1 aliphatic heterocycles. The maximum absolute atomic E-state index is 9.26. The van der Waals surface area contributed by atoms with Crippen LogP contribution < -0.4 is 10.6 Å². The molecule has 1 fully saturated rings. The van der Waals surface area contributed by atoms with Gasteiger partial charge >= 0.3 is 0 Å². The molecule has 14 heavy (non-hydrogen) atoms. The molecule has 1 heterocycles. The lowest BCUT2D eigenvalue weighted by Gasteiger charge is -2.37. The third-order valence-electron chi connectivity index (χ3n) is 3.05. The summed E-state index contributed by atoms with van der Waals surface area (Å²) in [4.78, 5) is 0. The van der Waals surface area contributed by atoms with Gasteiger partial charge in [-0.3, -0.25) is 5.32 Å². The molecule has 0 bridgehead atoms. The number of nitrogens with zero attached hydrogens (tertiary/aromatic N) is 1. The standard InChI is InChI=1S/C11H21N3/c1-4-9(2)14-11(8-12)5-6-13-10(3)7-11/h9-10,13-14H,4-7H2,1-3H3. The Hall–Kier alpha value is -0.590. The fourth-order valence-electron chi connectivity index (χ4n) is 2.07. The third kappa shape index (κ3) is 2.70. The van der Waals surface area contributed by atoms with Gasteiger partial charge in [-0.25, -0.2) is 0 Å². The Morgan fingerprint density at radius 2 is 2.43 bits per heavy atom. The van der Waals surface area contributed by atoms with E-state index >= 15 is 0 Å². The topological polar surface area (TPSA) is 47.9 Å². The molecule has 80 valence electrons. The van der Waals surface area contributed by atoms with Crippen LogP contribution in [0.2, 0.25) is 0 Å². The van der Waals surface area contributed by atoms with Gasteiger partial charge in [-0.05, 0) is 39.7 Å². The van der Waals surface area contributed by atoms with Crippen molar-refractivity contribution < 1.29 is 0 Å². The maximum atomic E-state index is 9.26. The minimum absolute atomic E-state index is 0.292. The molecule has 3 unspecified atom stereocenters. The van der Waals surface area contributed by atoms with E-state index in [2.05, 4.69) is 37.5 Å². The highest BCUT2D eigenvalue weighted by Crippen LogP contribution is 2.21. The van der Waals surface area contributed by atoms with E-state index < -0.39 is 0 Å². The van der Waals surface area contributed by atoms with Crippen molar-refractivity contribution in [2.45, 2.75) is 57.7 Å². The number of nitriles is 1. The van der Waals surface area contributed by atoms with Gasteiger partial charge in [0.15, 0.2) is 0 Å². The molecule has 0 radical (unpaired) electrons. The Balaban J connectivity index is 2.61. The second-order valence-corrected chi connectivity index (χ2v) is 4.46. The fraction of sp³-hybridized carbons (Fsp3) is 0.909. The minimum Gasteiger partial charge on any atom is -0.314 e. The average Bonchev–Trinajstić information content (AvgIpc) is 2.17. The van der Waals surface area contributed by atoms with Crippen LogP contribution in [0.25, 0.3) is 0 Å². The Bertz CT molecular complexity index is 221. The molecule has 0 spiro atoms. The molecular weight excluding hydrogens is 174 g/mol. The van der Waals surface area contributed by atoms with Crippen LogP contribution in [-0.4, -0.2) is 24.2 Å². The summed E-state index contributed by atoms with van der Waals surface area (Å²) in [5.41, 5.74) is -0.292. The Labute approximate surface area is 86.9 Å². The predicted octanol–water partition coefficient (Wildman–Crippen LogP) is 1.41. The van der Waals surface area contributed by atoms with E-state index in [-0.39, 0.29) is 5.54 Å². The molecule has 0 saturated carbocycles. The Morgan fingerprint density at radius 3 is 2.93 bits per heavy atom. The number of rotatable bonds is 3. The van der Waals surface area contributed by atoms with E-state index in [1.165, 1.54) is 0 Å². The second-order valence-electron chi connectivity index (χ2n) is 4.46. The number of piperidine rings is 1. The van der Waals surface area contributed by atoms with Crippen molar-refractivity contribution >= 4 is 0 Å². The van der Waals surface area contributed by atoms with E-state index in [0.29, 0.717) is 12.1 Å². The lowest BCUT2D eigenvalue weighted by Crippen LogP contribution is -2.56. The Kier molecular flexibility index (Phi) is 3.91. The molecule has 0 aromatic heterocycles. The highest BCUT2D eigenvalue weighted by Gasteiger charge is 2.35. The molecule has 0 aromatic rings. The molecule has 1 rings (SSSR count). The van der Waals surface area contributed by atoms with Gasteiger partial charge in [0.05, 0.1) is 6.07 Å². The molecule has 1 aliphatic rings. The molecule has 0 aliphatic carbocycles. The van der Waals surface area contributed by atoms with Crippen LogP contribution in [0, 0.1) is 11.3 Å². The van der Waals surface area contributed by atoms with Crippen LogP contribution in [0.5, 0.6) is 0 Å². The molecule has 0 aromatic carbocycles. The first kappa shape index (κ1) is 11.5. The predicted molar refractivity (Wildman–Crippen MR) is 57.9 cm³/mol.